The number of nitrogens with zero attached hydrogens (tertiary/aromatic N) is 6. The van der Waals surface area contributed by atoms with Crippen LogP contribution in [0.2, 0.25) is 0 Å². The van der Waals surface area contributed by atoms with Crippen LogP contribution in [0.25, 0.3) is 22.5 Å². The van der Waals surface area contributed by atoms with E-state index >= 15 is 0 Å². The van der Waals surface area contributed by atoms with Gasteiger partial charge in [0.1, 0.15) is 11.5 Å². The molecule has 7 heteroatoms. The molecule has 1 atom stereocenters. The third-order valence-electron chi connectivity index (χ3n) is 6.70. The molecule has 0 amide bonds. The standard InChI is InChI=1S/C28H32N6O/c1-3-34-20-25(28(32-34)23-5-4-12-29-18-23)26-10-13-30-27(31-26)17-21-6-8-22(9-7-21)24-11-14-33(19-24)15-16-35-2/h4-10,12-13,18,20,24H,3,11,14-17,19H2,1-2H3. The minimum atomic E-state index is 0.599. The molecule has 35 heavy (non-hydrogen) atoms. The van der Waals surface area contributed by atoms with E-state index < -0.39 is 0 Å². The van der Waals surface area contributed by atoms with Crippen molar-refractivity contribution in [1.82, 2.24) is 29.6 Å². The zero-order valence-corrected chi connectivity index (χ0v) is 20.5. The van der Waals surface area contributed by atoms with Gasteiger partial charge in [-0.05, 0) is 55.1 Å². The quantitative estimate of drug-likeness (QED) is 0.362. The molecule has 4 heterocycles. The Morgan fingerprint density at radius 2 is 1.97 bits per heavy atom. The number of aromatic nitrogens is 5. The van der Waals surface area contributed by atoms with E-state index in [0.29, 0.717) is 12.3 Å². The molecule has 0 bridgehead atoms. The summed E-state index contributed by atoms with van der Waals surface area (Å²) in [5.74, 6) is 1.41. The topological polar surface area (TPSA) is 69.0 Å². The maximum Gasteiger partial charge on any atom is 0.133 e. The zero-order valence-electron chi connectivity index (χ0n) is 20.5. The van der Waals surface area contributed by atoms with Crippen molar-refractivity contribution < 1.29 is 4.74 Å². The molecule has 1 aromatic carbocycles. The van der Waals surface area contributed by atoms with Crippen LogP contribution < -0.4 is 0 Å². The van der Waals surface area contributed by atoms with Crippen LogP contribution in [0.15, 0.2) is 67.3 Å². The summed E-state index contributed by atoms with van der Waals surface area (Å²) in [6, 6.07) is 14.9. The summed E-state index contributed by atoms with van der Waals surface area (Å²) in [5.41, 5.74) is 6.39. The first kappa shape index (κ1) is 23.3. The Hall–Kier alpha value is -3.42. The van der Waals surface area contributed by atoms with E-state index in [4.69, 9.17) is 14.8 Å². The molecule has 0 saturated carbocycles. The lowest BCUT2D eigenvalue weighted by atomic mass is 9.97. The van der Waals surface area contributed by atoms with Crippen molar-refractivity contribution in [1.29, 1.82) is 0 Å². The minimum Gasteiger partial charge on any atom is -0.383 e. The molecule has 1 aliphatic rings. The first-order chi connectivity index (χ1) is 17.2. The summed E-state index contributed by atoms with van der Waals surface area (Å²) in [5, 5.41) is 4.76. The van der Waals surface area contributed by atoms with Crippen LogP contribution in [0.5, 0.6) is 0 Å². The summed E-state index contributed by atoms with van der Waals surface area (Å²) in [7, 11) is 1.77. The Morgan fingerprint density at radius 1 is 1.09 bits per heavy atom. The highest BCUT2D eigenvalue weighted by Crippen LogP contribution is 2.30. The van der Waals surface area contributed by atoms with Gasteiger partial charge < -0.3 is 9.64 Å². The van der Waals surface area contributed by atoms with Crippen molar-refractivity contribution in [3.63, 3.8) is 0 Å². The fraction of sp³-hybridized carbons (Fsp3) is 0.357. The van der Waals surface area contributed by atoms with Gasteiger partial charge in [-0.1, -0.05) is 24.3 Å². The number of rotatable bonds is 9. The fourth-order valence-electron chi connectivity index (χ4n) is 4.74. The smallest absolute Gasteiger partial charge is 0.133 e. The van der Waals surface area contributed by atoms with Gasteiger partial charge in [-0.15, -0.1) is 0 Å². The Balaban J connectivity index is 1.31. The Bertz CT molecular complexity index is 1240. The van der Waals surface area contributed by atoms with Gasteiger partial charge in [0.25, 0.3) is 0 Å². The number of pyridine rings is 1. The van der Waals surface area contributed by atoms with Crippen LogP contribution in [0, 0.1) is 0 Å². The van der Waals surface area contributed by atoms with Gasteiger partial charge in [0, 0.05) is 69.1 Å². The van der Waals surface area contributed by atoms with Gasteiger partial charge in [0.2, 0.25) is 0 Å². The third kappa shape index (κ3) is 5.47. The van der Waals surface area contributed by atoms with Gasteiger partial charge in [-0.2, -0.15) is 5.10 Å². The maximum absolute atomic E-state index is 5.23. The first-order valence-corrected chi connectivity index (χ1v) is 12.3. The molecule has 180 valence electrons. The molecule has 3 aromatic heterocycles. The predicted molar refractivity (Wildman–Crippen MR) is 137 cm³/mol. The molecule has 5 rings (SSSR count). The highest BCUT2D eigenvalue weighted by Gasteiger charge is 2.23. The van der Waals surface area contributed by atoms with Crippen molar-refractivity contribution in [2.45, 2.75) is 32.2 Å². The van der Waals surface area contributed by atoms with Crippen LogP contribution in [0.3, 0.4) is 0 Å². The van der Waals surface area contributed by atoms with E-state index in [2.05, 4.69) is 52.3 Å². The van der Waals surface area contributed by atoms with Crippen molar-refractivity contribution >= 4 is 0 Å². The Labute approximate surface area is 206 Å². The molecule has 1 aliphatic heterocycles. The monoisotopic (exact) mass is 468 g/mol. The van der Waals surface area contributed by atoms with Crippen molar-refractivity contribution in [2.24, 2.45) is 0 Å². The first-order valence-electron chi connectivity index (χ1n) is 12.3. The number of ether oxygens (including phenoxy) is 1. The lowest BCUT2D eigenvalue weighted by Crippen LogP contribution is -2.24. The van der Waals surface area contributed by atoms with E-state index in [1.54, 1.807) is 13.3 Å². The summed E-state index contributed by atoms with van der Waals surface area (Å²) >= 11 is 0. The number of benzene rings is 1. The van der Waals surface area contributed by atoms with Crippen molar-refractivity contribution in [3.05, 3.63) is 84.2 Å². The molecule has 1 saturated heterocycles. The highest BCUT2D eigenvalue weighted by molar-refractivity contribution is 5.78. The van der Waals surface area contributed by atoms with Gasteiger partial charge in [0.15, 0.2) is 0 Å². The van der Waals surface area contributed by atoms with Gasteiger partial charge in [-0.3, -0.25) is 9.67 Å². The van der Waals surface area contributed by atoms with Crippen LogP contribution in [-0.2, 0) is 17.7 Å². The molecule has 0 N–H and O–H groups in total. The number of hydrogen-bond donors (Lipinski definition) is 0. The Morgan fingerprint density at radius 3 is 2.74 bits per heavy atom. The van der Waals surface area contributed by atoms with E-state index in [-0.39, 0.29) is 0 Å². The van der Waals surface area contributed by atoms with E-state index in [1.807, 2.05) is 35.3 Å². The van der Waals surface area contributed by atoms with Crippen molar-refractivity contribution in [2.75, 3.05) is 33.4 Å². The second-order valence-corrected chi connectivity index (χ2v) is 9.04. The fourth-order valence-corrected chi connectivity index (χ4v) is 4.74. The Kier molecular flexibility index (Phi) is 7.25. The molecular formula is C28H32N6O. The normalized spacial score (nSPS) is 16.1. The number of likely N-dealkylation sites (tertiary alicyclic amines) is 1. The van der Waals surface area contributed by atoms with Crippen molar-refractivity contribution in [3.8, 4) is 22.5 Å². The number of hydrogen-bond acceptors (Lipinski definition) is 6. The molecule has 7 nitrogen and oxygen atoms in total. The van der Waals surface area contributed by atoms with Gasteiger partial charge >= 0.3 is 0 Å². The van der Waals surface area contributed by atoms with E-state index in [1.165, 1.54) is 17.5 Å². The average molecular weight is 469 g/mol. The summed E-state index contributed by atoms with van der Waals surface area (Å²) in [4.78, 5) is 16.2. The third-order valence-corrected chi connectivity index (χ3v) is 6.70. The number of aryl methyl sites for hydroxylation is 1. The molecule has 1 unspecified atom stereocenters. The molecule has 0 radical (unpaired) electrons. The van der Waals surface area contributed by atoms with E-state index in [9.17, 15) is 0 Å². The predicted octanol–water partition coefficient (Wildman–Crippen LogP) is 4.45. The summed E-state index contributed by atoms with van der Waals surface area (Å²) in [6.07, 6.45) is 9.42. The van der Waals surface area contributed by atoms with E-state index in [0.717, 1.165) is 61.1 Å². The molecule has 0 aliphatic carbocycles. The lowest BCUT2D eigenvalue weighted by molar-refractivity contribution is 0.160. The van der Waals surface area contributed by atoms with Gasteiger partial charge in [0.05, 0.1) is 12.3 Å². The van der Waals surface area contributed by atoms with Crippen LogP contribution in [0.1, 0.15) is 36.2 Å². The van der Waals surface area contributed by atoms with Gasteiger partial charge in [-0.25, -0.2) is 9.97 Å². The molecule has 4 aromatic rings. The largest absolute Gasteiger partial charge is 0.383 e. The zero-order chi connectivity index (χ0) is 24.0. The minimum absolute atomic E-state index is 0.599. The van der Waals surface area contributed by atoms with Crippen LogP contribution >= 0.6 is 0 Å². The second kappa shape index (κ2) is 10.9. The lowest BCUT2D eigenvalue weighted by Gasteiger charge is -2.15. The second-order valence-electron chi connectivity index (χ2n) is 9.04. The number of methoxy groups -OCH3 is 1. The van der Waals surface area contributed by atoms with Crippen LogP contribution in [-0.4, -0.2) is 63.0 Å². The molecule has 1 fully saturated rings. The highest BCUT2D eigenvalue weighted by atomic mass is 16.5. The van der Waals surface area contributed by atoms with Crippen LogP contribution in [0.4, 0.5) is 0 Å². The summed E-state index contributed by atoms with van der Waals surface area (Å²) < 4.78 is 7.17. The molecule has 0 spiro atoms. The molecular weight excluding hydrogens is 436 g/mol. The average Bonchev–Trinajstić information content (AvgIpc) is 3.56. The summed E-state index contributed by atoms with van der Waals surface area (Å²) in [6.45, 7) is 6.95. The SMILES string of the molecule is CCn1cc(-c2ccnc(Cc3ccc(C4CCN(CCOC)C4)cc3)n2)c(-c2cccnc2)n1. The maximum atomic E-state index is 5.23.